The fraction of sp³-hybridized carbons (Fsp3) is 0.211. The van der Waals surface area contributed by atoms with E-state index < -0.39 is 0 Å². The van der Waals surface area contributed by atoms with Crippen LogP contribution in [0, 0.1) is 5.82 Å². The second-order valence-corrected chi connectivity index (χ2v) is 5.08. The number of halogens is 1. The van der Waals surface area contributed by atoms with Crippen LogP contribution >= 0.6 is 0 Å². The lowest BCUT2D eigenvalue weighted by Gasteiger charge is -2.05. The molecule has 120 valence electrons. The first kappa shape index (κ1) is 16.7. The number of allylic oxidation sites excluding steroid dienone is 1. The van der Waals surface area contributed by atoms with Gasteiger partial charge in [0.25, 0.3) is 0 Å². The van der Waals surface area contributed by atoms with Gasteiger partial charge < -0.3 is 10.1 Å². The standard InChI is InChI=1S/C19H20FNO2/c1-2-3-13-23-18-9-7-15(8-10-18)19(22)11-12-21-17-6-4-5-16(20)14-17/h4-12,14,21H,2-3,13H2,1H3. The van der Waals surface area contributed by atoms with Gasteiger partial charge in [0.15, 0.2) is 5.78 Å². The minimum atomic E-state index is -0.326. The van der Waals surface area contributed by atoms with Crippen LogP contribution in [0.4, 0.5) is 10.1 Å². The number of anilines is 1. The number of ether oxygens (including phenoxy) is 1. The van der Waals surface area contributed by atoms with E-state index >= 15 is 0 Å². The minimum absolute atomic E-state index is 0.131. The van der Waals surface area contributed by atoms with Crippen molar-refractivity contribution in [2.75, 3.05) is 11.9 Å². The Morgan fingerprint density at radius 3 is 2.70 bits per heavy atom. The van der Waals surface area contributed by atoms with Crippen molar-refractivity contribution in [3.63, 3.8) is 0 Å². The van der Waals surface area contributed by atoms with E-state index in [2.05, 4.69) is 12.2 Å². The molecule has 2 aromatic carbocycles. The maximum atomic E-state index is 13.0. The SMILES string of the molecule is CCCCOc1ccc(C(=O)C=CNc2cccc(F)c2)cc1. The highest BCUT2D eigenvalue weighted by atomic mass is 19.1. The molecule has 0 amide bonds. The highest BCUT2D eigenvalue weighted by Gasteiger charge is 2.02. The largest absolute Gasteiger partial charge is 0.494 e. The Morgan fingerprint density at radius 1 is 1.22 bits per heavy atom. The molecule has 1 N–H and O–H groups in total. The predicted octanol–water partition coefficient (Wildman–Crippen LogP) is 4.81. The fourth-order valence-corrected chi connectivity index (χ4v) is 1.94. The highest BCUT2D eigenvalue weighted by molar-refractivity contribution is 6.04. The van der Waals surface area contributed by atoms with Gasteiger partial charge >= 0.3 is 0 Å². The van der Waals surface area contributed by atoms with Crippen LogP contribution in [0.5, 0.6) is 5.75 Å². The molecule has 0 aliphatic carbocycles. The molecule has 0 unspecified atom stereocenters. The first-order chi connectivity index (χ1) is 11.2. The van der Waals surface area contributed by atoms with Gasteiger partial charge in [0.2, 0.25) is 0 Å². The first-order valence-electron chi connectivity index (χ1n) is 7.65. The summed E-state index contributed by atoms with van der Waals surface area (Å²) < 4.78 is 18.6. The number of carbonyl (C=O) groups excluding carboxylic acids is 1. The number of unbranched alkanes of at least 4 members (excludes halogenated alkanes) is 1. The topological polar surface area (TPSA) is 38.3 Å². The zero-order valence-electron chi connectivity index (χ0n) is 13.1. The second-order valence-electron chi connectivity index (χ2n) is 5.08. The maximum Gasteiger partial charge on any atom is 0.187 e. The normalized spacial score (nSPS) is 10.7. The number of hydrogen-bond acceptors (Lipinski definition) is 3. The Labute approximate surface area is 135 Å². The number of hydrogen-bond donors (Lipinski definition) is 1. The summed E-state index contributed by atoms with van der Waals surface area (Å²) in [5.74, 6) is 0.305. The van der Waals surface area contributed by atoms with Gasteiger partial charge in [-0.05, 0) is 48.9 Å². The van der Waals surface area contributed by atoms with Gasteiger partial charge in [0, 0.05) is 23.5 Å². The maximum absolute atomic E-state index is 13.0. The van der Waals surface area contributed by atoms with Crippen LogP contribution in [0.1, 0.15) is 30.1 Å². The molecule has 0 spiro atoms. The van der Waals surface area contributed by atoms with Crippen LogP contribution < -0.4 is 10.1 Å². The summed E-state index contributed by atoms with van der Waals surface area (Å²) >= 11 is 0. The van der Waals surface area contributed by atoms with E-state index in [4.69, 9.17) is 4.74 Å². The van der Waals surface area contributed by atoms with Crippen LogP contribution in [0.25, 0.3) is 0 Å². The van der Waals surface area contributed by atoms with Crippen LogP contribution in [0.3, 0.4) is 0 Å². The highest BCUT2D eigenvalue weighted by Crippen LogP contribution is 2.14. The number of rotatable bonds is 8. The Hall–Kier alpha value is -2.62. The smallest absolute Gasteiger partial charge is 0.187 e. The van der Waals surface area contributed by atoms with Gasteiger partial charge in [0.05, 0.1) is 6.61 Å². The summed E-state index contributed by atoms with van der Waals surface area (Å²) in [5.41, 5.74) is 1.17. The third kappa shape index (κ3) is 5.58. The quantitative estimate of drug-likeness (QED) is 0.431. The zero-order chi connectivity index (χ0) is 16.5. The molecule has 4 heteroatoms. The molecule has 0 fully saturated rings. The molecule has 0 heterocycles. The lowest BCUT2D eigenvalue weighted by molar-refractivity contribution is 0.104. The summed E-state index contributed by atoms with van der Waals surface area (Å²) in [5, 5.41) is 2.87. The van der Waals surface area contributed by atoms with E-state index in [1.807, 2.05) is 0 Å². The van der Waals surface area contributed by atoms with Crippen molar-refractivity contribution in [1.82, 2.24) is 0 Å². The third-order valence-corrected chi connectivity index (χ3v) is 3.21. The Kier molecular flexibility index (Phi) is 6.36. The Morgan fingerprint density at radius 2 is 2.00 bits per heavy atom. The summed E-state index contributed by atoms with van der Waals surface area (Å²) in [6.45, 7) is 2.79. The lowest BCUT2D eigenvalue weighted by atomic mass is 10.1. The van der Waals surface area contributed by atoms with Gasteiger partial charge in [-0.1, -0.05) is 19.4 Å². The van der Waals surface area contributed by atoms with Gasteiger partial charge in [0.1, 0.15) is 11.6 Å². The molecule has 3 nitrogen and oxygen atoms in total. The van der Waals surface area contributed by atoms with E-state index in [1.165, 1.54) is 24.4 Å². The fourth-order valence-electron chi connectivity index (χ4n) is 1.94. The van der Waals surface area contributed by atoms with Crippen molar-refractivity contribution in [2.24, 2.45) is 0 Å². The Balaban J connectivity index is 1.88. The molecule has 0 bridgehead atoms. The predicted molar refractivity (Wildman–Crippen MR) is 90.3 cm³/mol. The van der Waals surface area contributed by atoms with Crippen molar-refractivity contribution >= 4 is 11.5 Å². The summed E-state index contributed by atoms with van der Waals surface area (Å²) in [6.07, 6.45) is 5.01. The van der Waals surface area contributed by atoms with Crippen molar-refractivity contribution in [1.29, 1.82) is 0 Å². The minimum Gasteiger partial charge on any atom is -0.494 e. The molecule has 23 heavy (non-hydrogen) atoms. The molecule has 0 saturated heterocycles. The van der Waals surface area contributed by atoms with E-state index in [0.29, 0.717) is 17.9 Å². The average molecular weight is 313 g/mol. The zero-order valence-corrected chi connectivity index (χ0v) is 13.1. The molecule has 0 aromatic heterocycles. The monoisotopic (exact) mass is 313 g/mol. The van der Waals surface area contributed by atoms with Crippen molar-refractivity contribution in [3.8, 4) is 5.75 Å². The van der Waals surface area contributed by atoms with Gasteiger partial charge in [-0.25, -0.2) is 4.39 Å². The van der Waals surface area contributed by atoms with Gasteiger partial charge in [-0.15, -0.1) is 0 Å². The second kappa shape index (κ2) is 8.73. The molecule has 0 radical (unpaired) electrons. The molecule has 2 rings (SSSR count). The molecule has 0 saturated carbocycles. The van der Waals surface area contributed by atoms with E-state index in [-0.39, 0.29) is 11.6 Å². The summed E-state index contributed by atoms with van der Waals surface area (Å²) in [6, 6.07) is 13.1. The van der Waals surface area contributed by atoms with Crippen LogP contribution in [-0.4, -0.2) is 12.4 Å². The average Bonchev–Trinajstić information content (AvgIpc) is 2.56. The van der Waals surface area contributed by atoms with Crippen molar-refractivity contribution in [3.05, 3.63) is 72.2 Å². The molecular formula is C19H20FNO2. The van der Waals surface area contributed by atoms with E-state index in [9.17, 15) is 9.18 Å². The summed E-state index contributed by atoms with van der Waals surface area (Å²) in [7, 11) is 0. The Bertz CT molecular complexity index is 665. The molecule has 0 aliphatic rings. The molecule has 0 aliphatic heterocycles. The van der Waals surface area contributed by atoms with Gasteiger partial charge in [-0.2, -0.15) is 0 Å². The van der Waals surface area contributed by atoms with Crippen molar-refractivity contribution in [2.45, 2.75) is 19.8 Å². The third-order valence-electron chi connectivity index (χ3n) is 3.21. The first-order valence-corrected chi connectivity index (χ1v) is 7.65. The van der Waals surface area contributed by atoms with Crippen LogP contribution in [0.2, 0.25) is 0 Å². The van der Waals surface area contributed by atoms with Crippen molar-refractivity contribution < 1.29 is 13.9 Å². The molecule has 0 atom stereocenters. The lowest BCUT2D eigenvalue weighted by Crippen LogP contribution is -1.99. The number of carbonyl (C=O) groups is 1. The van der Waals surface area contributed by atoms with Crippen LogP contribution in [0.15, 0.2) is 60.8 Å². The van der Waals surface area contributed by atoms with E-state index in [0.717, 1.165) is 18.6 Å². The number of benzene rings is 2. The van der Waals surface area contributed by atoms with E-state index in [1.54, 1.807) is 36.4 Å². The van der Waals surface area contributed by atoms with Crippen LogP contribution in [-0.2, 0) is 0 Å². The molecule has 2 aromatic rings. The number of ketones is 1. The van der Waals surface area contributed by atoms with Gasteiger partial charge in [-0.3, -0.25) is 4.79 Å². The number of nitrogens with one attached hydrogen (secondary N) is 1. The summed E-state index contributed by atoms with van der Waals surface area (Å²) in [4.78, 5) is 12.0. The molecular weight excluding hydrogens is 293 g/mol.